The van der Waals surface area contributed by atoms with Gasteiger partial charge in [-0.2, -0.15) is 0 Å². The molecule has 0 bridgehead atoms. The minimum Gasteiger partial charge on any atom is -0.376 e. The molecule has 1 aliphatic heterocycles. The Morgan fingerprint density at radius 2 is 2.22 bits per heavy atom. The van der Waals surface area contributed by atoms with E-state index < -0.39 is 0 Å². The lowest BCUT2D eigenvalue weighted by Gasteiger charge is -2.36. The number of nitrogens with two attached hydrogens (primary N) is 1. The highest BCUT2D eigenvalue weighted by molar-refractivity contribution is 5.54. The van der Waals surface area contributed by atoms with Crippen LogP contribution in [0.1, 0.15) is 25.3 Å². The van der Waals surface area contributed by atoms with Crippen LogP contribution in [0, 0.1) is 6.92 Å². The van der Waals surface area contributed by atoms with E-state index in [4.69, 9.17) is 10.5 Å². The highest BCUT2D eigenvalue weighted by atomic mass is 16.5. The predicted molar refractivity (Wildman–Crippen MR) is 76.0 cm³/mol. The van der Waals surface area contributed by atoms with Crippen molar-refractivity contribution in [1.29, 1.82) is 0 Å². The van der Waals surface area contributed by atoms with Crippen molar-refractivity contribution < 1.29 is 4.74 Å². The number of likely N-dealkylation sites (N-methyl/N-ethyl adjacent to an activating group) is 1. The van der Waals surface area contributed by atoms with Crippen molar-refractivity contribution in [2.24, 2.45) is 5.73 Å². The number of aryl methyl sites for hydroxylation is 1. The van der Waals surface area contributed by atoms with Gasteiger partial charge in [0.15, 0.2) is 0 Å². The summed E-state index contributed by atoms with van der Waals surface area (Å²) in [5, 5.41) is 0. The number of nitrogens with zero attached hydrogens (tertiary/aromatic N) is 1. The lowest BCUT2D eigenvalue weighted by Crippen LogP contribution is -2.48. The molecule has 1 fully saturated rings. The highest BCUT2D eigenvalue weighted by Gasteiger charge is 2.29. The summed E-state index contributed by atoms with van der Waals surface area (Å²) < 4.78 is 5.83. The molecular formula is C15H24N2O. The molecule has 2 atom stereocenters. The van der Waals surface area contributed by atoms with Crippen LogP contribution in [0.3, 0.4) is 0 Å². The average Bonchev–Trinajstić information content (AvgIpc) is 2.90. The van der Waals surface area contributed by atoms with E-state index in [2.05, 4.69) is 43.0 Å². The van der Waals surface area contributed by atoms with Crippen molar-refractivity contribution in [3.63, 3.8) is 0 Å². The second-order valence-electron chi connectivity index (χ2n) is 4.93. The van der Waals surface area contributed by atoms with E-state index in [0.29, 0.717) is 12.6 Å². The monoisotopic (exact) mass is 248 g/mol. The molecule has 0 amide bonds. The predicted octanol–water partition coefficient (Wildman–Crippen LogP) is 2.33. The Kier molecular flexibility index (Phi) is 4.61. The SMILES string of the molecule is CCN(c1ccccc1C)C(CN)C1CCCO1. The molecule has 0 aliphatic carbocycles. The van der Waals surface area contributed by atoms with Gasteiger partial charge in [-0.25, -0.2) is 0 Å². The van der Waals surface area contributed by atoms with E-state index in [1.807, 2.05) is 0 Å². The van der Waals surface area contributed by atoms with Gasteiger partial charge in [-0.3, -0.25) is 0 Å². The fraction of sp³-hybridized carbons (Fsp3) is 0.600. The number of ether oxygens (including phenoxy) is 1. The normalized spacial score (nSPS) is 20.9. The van der Waals surface area contributed by atoms with E-state index in [-0.39, 0.29) is 6.10 Å². The molecular weight excluding hydrogens is 224 g/mol. The Labute approximate surface area is 110 Å². The van der Waals surface area contributed by atoms with Gasteiger partial charge in [0.05, 0.1) is 12.1 Å². The molecule has 2 unspecified atom stereocenters. The molecule has 18 heavy (non-hydrogen) atoms. The van der Waals surface area contributed by atoms with Gasteiger partial charge in [0.1, 0.15) is 0 Å². The molecule has 0 saturated carbocycles. The molecule has 1 saturated heterocycles. The van der Waals surface area contributed by atoms with Crippen molar-refractivity contribution in [2.75, 3.05) is 24.6 Å². The van der Waals surface area contributed by atoms with Gasteiger partial charge in [0, 0.05) is 25.4 Å². The molecule has 1 aromatic carbocycles. The molecule has 2 N–H and O–H groups in total. The third-order valence-electron chi connectivity index (χ3n) is 3.80. The van der Waals surface area contributed by atoms with E-state index in [9.17, 15) is 0 Å². The summed E-state index contributed by atoms with van der Waals surface area (Å²) in [4.78, 5) is 2.39. The number of para-hydroxylation sites is 1. The highest BCUT2D eigenvalue weighted by Crippen LogP contribution is 2.26. The van der Waals surface area contributed by atoms with Gasteiger partial charge in [-0.05, 0) is 38.3 Å². The van der Waals surface area contributed by atoms with Gasteiger partial charge < -0.3 is 15.4 Å². The summed E-state index contributed by atoms with van der Waals surface area (Å²) >= 11 is 0. The van der Waals surface area contributed by atoms with Gasteiger partial charge in [0.25, 0.3) is 0 Å². The van der Waals surface area contributed by atoms with Crippen LogP contribution in [0.25, 0.3) is 0 Å². The fourth-order valence-electron chi connectivity index (χ4n) is 2.85. The minimum absolute atomic E-state index is 0.287. The Balaban J connectivity index is 2.23. The largest absolute Gasteiger partial charge is 0.376 e. The van der Waals surface area contributed by atoms with Crippen molar-refractivity contribution in [1.82, 2.24) is 0 Å². The van der Waals surface area contributed by atoms with Crippen molar-refractivity contribution >= 4 is 5.69 Å². The molecule has 1 aliphatic rings. The van der Waals surface area contributed by atoms with Crippen LogP contribution in [0.5, 0.6) is 0 Å². The summed E-state index contributed by atoms with van der Waals surface area (Å²) in [6.07, 6.45) is 2.58. The average molecular weight is 248 g/mol. The maximum absolute atomic E-state index is 5.99. The number of hydrogen-bond donors (Lipinski definition) is 1. The molecule has 3 nitrogen and oxygen atoms in total. The maximum atomic E-state index is 5.99. The first-order valence-electron chi connectivity index (χ1n) is 6.91. The van der Waals surface area contributed by atoms with Gasteiger partial charge in [-0.1, -0.05) is 18.2 Å². The minimum atomic E-state index is 0.287. The lowest BCUT2D eigenvalue weighted by atomic mass is 10.0. The topological polar surface area (TPSA) is 38.5 Å². The quantitative estimate of drug-likeness (QED) is 0.869. The summed E-state index contributed by atoms with van der Waals surface area (Å²) in [6, 6.07) is 8.79. The van der Waals surface area contributed by atoms with Crippen LogP contribution in [-0.2, 0) is 4.74 Å². The van der Waals surface area contributed by atoms with E-state index >= 15 is 0 Å². The third kappa shape index (κ3) is 2.68. The first-order chi connectivity index (χ1) is 8.77. The van der Waals surface area contributed by atoms with Crippen molar-refractivity contribution in [3.05, 3.63) is 29.8 Å². The Morgan fingerprint density at radius 3 is 2.78 bits per heavy atom. The fourth-order valence-corrected chi connectivity index (χ4v) is 2.85. The Hall–Kier alpha value is -1.06. The summed E-state index contributed by atoms with van der Waals surface area (Å²) in [5.41, 5.74) is 8.58. The smallest absolute Gasteiger partial charge is 0.0791 e. The molecule has 3 heteroatoms. The van der Waals surface area contributed by atoms with Crippen LogP contribution < -0.4 is 10.6 Å². The second kappa shape index (κ2) is 6.21. The molecule has 100 valence electrons. The number of anilines is 1. The van der Waals surface area contributed by atoms with E-state index in [1.165, 1.54) is 11.3 Å². The van der Waals surface area contributed by atoms with Crippen molar-refractivity contribution in [3.8, 4) is 0 Å². The van der Waals surface area contributed by atoms with Crippen LogP contribution in [0.2, 0.25) is 0 Å². The number of benzene rings is 1. The zero-order chi connectivity index (χ0) is 13.0. The summed E-state index contributed by atoms with van der Waals surface area (Å²) in [7, 11) is 0. The molecule has 0 radical (unpaired) electrons. The molecule has 0 spiro atoms. The molecule has 1 aromatic rings. The van der Waals surface area contributed by atoms with E-state index in [0.717, 1.165) is 26.0 Å². The lowest BCUT2D eigenvalue weighted by molar-refractivity contribution is 0.0895. The zero-order valence-electron chi connectivity index (χ0n) is 11.4. The van der Waals surface area contributed by atoms with Gasteiger partial charge in [0.2, 0.25) is 0 Å². The number of hydrogen-bond acceptors (Lipinski definition) is 3. The standard InChI is InChI=1S/C15H24N2O/c1-3-17(13-8-5-4-7-12(13)2)14(11-16)15-9-6-10-18-15/h4-5,7-8,14-15H,3,6,9-11,16H2,1-2H3. The van der Waals surface area contributed by atoms with Crippen LogP contribution in [0.4, 0.5) is 5.69 Å². The molecule has 1 heterocycles. The van der Waals surface area contributed by atoms with Crippen LogP contribution >= 0.6 is 0 Å². The Morgan fingerprint density at radius 1 is 1.44 bits per heavy atom. The number of rotatable bonds is 5. The Bertz CT molecular complexity index is 375. The molecule has 2 rings (SSSR count). The van der Waals surface area contributed by atoms with Gasteiger partial charge >= 0.3 is 0 Å². The zero-order valence-corrected chi connectivity index (χ0v) is 11.4. The first kappa shape index (κ1) is 13.4. The van der Waals surface area contributed by atoms with Gasteiger partial charge in [-0.15, -0.1) is 0 Å². The second-order valence-corrected chi connectivity index (χ2v) is 4.93. The van der Waals surface area contributed by atoms with E-state index in [1.54, 1.807) is 0 Å². The van der Waals surface area contributed by atoms with Crippen molar-refractivity contribution in [2.45, 2.75) is 38.8 Å². The third-order valence-corrected chi connectivity index (χ3v) is 3.80. The maximum Gasteiger partial charge on any atom is 0.0791 e. The summed E-state index contributed by atoms with van der Waals surface area (Å²) in [6.45, 7) is 6.83. The first-order valence-corrected chi connectivity index (χ1v) is 6.91. The molecule has 0 aromatic heterocycles. The summed E-state index contributed by atoms with van der Waals surface area (Å²) in [5.74, 6) is 0. The van der Waals surface area contributed by atoms with Crippen LogP contribution in [-0.4, -0.2) is 31.8 Å². The van der Waals surface area contributed by atoms with Crippen LogP contribution in [0.15, 0.2) is 24.3 Å².